The van der Waals surface area contributed by atoms with Gasteiger partial charge < -0.3 is 11.1 Å². The number of hydrogen-bond donors (Lipinski definition) is 3. The molecule has 1 atom stereocenters. The van der Waals surface area contributed by atoms with E-state index in [2.05, 4.69) is 27.3 Å². The lowest BCUT2D eigenvalue weighted by atomic mass is 10.3. The third kappa shape index (κ3) is 2.97. The molecule has 1 aliphatic heterocycles. The van der Waals surface area contributed by atoms with E-state index in [1.807, 2.05) is 0 Å². The number of anilines is 1. The van der Waals surface area contributed by atoms with Gasteiger partial charge in [0.2, 0.25) is 0 Å². The largest absolute Gasteiger partial charge is 0.382 e. The van der Waals surface area contributed by atoms with Crippen molar-refractivity contribution in [1.29, 1.82) is 0 Å². The monoisotopic (exact) mass is 237 g/mol. The molecule has 1 aliphatic rings. The molecule has 6 heteroatoms. The number of aromatic amines is 1. The number of aromatic nitrogens is 2. The van der Waals surface area contributed by atoms with Crippen LogP contribution in [0.1, 0.15) is 30.3 Å². The maximum Gasteiger partial charge on any atom is 0.269 e. The molecule has 0 spiro atoms. The number of nitrogen functional groups attached to an aromatic ring is 1. The van der Waals surface area contributed by atoms with Crippen LogP contribution in [0.4, 0.5) is 5.82 Å². The van der Waals surface area contributed by atoms with Gasteiger partial charge in [0.25, 0.3) is 5.91 Å². The molecule has 4 N–H and O–H groups in total. The van der Waals surface area contributed by atoms with Crippen LogP contribution in [0.3, 0.4) is 0 Å². The van der Waals surface area contributed by atoms with Gasteiger partial charge in [0, 0.05) is 18.7 Å². The molecule has 94 valence electrons. The minimum absolute atomic E-state index is 0.153. The summed E-state index contributed by atoms with van der Waals surface area (Å²) in [6, 6.07) is 1.91. The Labute approximate surface area is 101 Å². The minimum atomic E-state index is -0.153. The Bertz CT molecular complexity index is 383. The van der Waals surface area contributed by atoms with E-state index >= 15 is 0 Å². The molecule has 1 aromatic rings. The van der Waals surface area contributed by atoms with E-state index in [9.17, 15) is 4.79 Å². The summed E-state index contributed by atoms with van der Waals surface area (Å²) < 4.78 is 0. The van der Waals surface area contributed by atoms with Gasteiger partial charge >= 0.3 is 0 Å². The summed E-state index contributed by atoms with van der Waals surface area (Å²) in [5.41, 5.74) is 5.85. The number of carbonyl (C=O) groups excluding carboxylic acids is 1. The third-order valence-electron chi connectivity index (χ3n) is 3.16. The van der Waals surface area contributed by atoms with Crippen LogP contribution < -0.4 is 11.1 Å². The average Bonchev–Trinajstić information content (AvgIpc) is 2.95. The second kappa shape index (κ2) is 5.18. The van der Waals surface area contributed by atoms with E-state index in [1.54, 1.807) is 0 Å². The van der Waals surface area contributed by atoms with E-state index in [0.29, 0.717) is 24.1 Å². The molecule has 1 fully saturated rings. The van der Waals surface area contributed by atoms with E-state index in [0.717, 1.165) is 13.1 Å². The molecule has 17 heavy (non-hydrogen) atoms. The zero-order valence-electron chi connectivity index (χ0n) is 10.1. The Hall–Kier alpha value is -1.56. The second-order valence-electron chi connectivity index (χ2n) is 4.51. The van der Waals surface area contributed by atoms with Crippen LogP contribution in [-0.2, 0) is 0 Å². The number of carbonyl (C=O) groups is 1. The number of amides is 1. The number of nitrogens with one attached hydrogen (secondary N) is 2. The molecular formula is C11H19N5O. The van der Waals surface area contributed by atoms with Crippen molar-refractivity contribution in [3.63, 3.8) is 0 Å². The van der Waals surface area contributed by atoms with Gasteiger partial charge in [-0.1, -0.05) is 0 Å². The first-order chi connectivity index (χ1) is 8.16. The lowest BCUT2D eigenvalue weighted by Crippen LogP contribution is -2.40. The maximum absolute atomic E-state index is 11.7. The van der Waals surface area contributed by atoms with Crippen molar-refractivity contribution in [2.45, 2.75) is 25.8 Å². The van der Waals surface area contributed by atoms with Crippen molar-refractivity contribution in [3.05, 3.63) is 11.8 Å². The van der Waals surface area contributed by atoms with Crippen molar-refractivity contribution in [3.8, 4) is 0 Å². The maximum atomic E-state index is 11.7. The number of nitrogens with zero attached hydrogens (tertiary/aromatic N) is 2. The smallest absolute Gasteiger partial charge is 0.269 e. The zero-order chi connectivity index (χ0) is 12.3. The predicted octanol–water partition coefficient (Wildman–Crippen LogP) is 0.206. The molecule has 1 saturated heterocycles. The van der Waals surface area contributed by atoms with Crippen molar-refractivity contribution >= 4 is 11.7 Å². The van der Waals surface area contributed by atoms with E-state index < -0.39 is 0 Å². The highest BCUT2D eigenvalue weighted by Crippen LogP contribution is 2.10. The standard InChI is InChI=1S/C11H19N5O/c1-8(16-4-2-3-5-16)7-13-11(17)9-6-10(12)15-14-9/h6,8H,2-5,7H2,1H3,(H,13,17)(H3,12,14,15). The first kappa shape index (κ1) is 11.9. The number of rotatable bonds is 4. The van der Waals surface area contributed by atoms with Gasteiger partial charge in [-0.3, -0.25) is 14.8 Å². The fourth-order valence-electron chi connectivity index (χ4n) is 2.10. The summed E-state index contributed by atoms with van der Waals surface area (Å²) >= 11 is 0. The topological polar surface area (TPSA) is 87.0 Å². The van der Waals surface area contributed by atoms with Crippen LogP contribution >= 0.6 is 0 Å². The molecule has 2 rings (SSSR count). The van der Waals surface area contributed by atoms with Gasteiger partial charge in [0.15, 0.2) is 0 Å². The predicted molar refractivity (Wildman–Crippen MR) is 65.6 cm³/mol. The Morgan fingerprint density at radius 1 is 1.65 bits per heavy atom. The summed E-state index contributed by atoms with van der Waals surface area (Å²) in [4.78, 5) is 14.1. The van der Waals surface area contributed by atoms with Gasteiger partial charge in [-0.05, 0) is 32.9 Å². The molecule has 6 nitrogen and oxygen atoms in total. The minimum Gasteiger partial charge on any atom is -0.382 e. The fraction of sp³-hybridized carbons (Fsp3) is 0.636. The molecule has 1 amide bonds. The van der Waals surface area contributed by atoms with Crippen molar-refractivity contribution in [2.24, 2.45) is 0 Å². The van der Waals surface area contributed by atoms with Gasteiger partial charge in [-0.15, -0.1) is 0 Å². The number of H-pyrrole nitrogens is 1. The van der Waals surface area contributed by atoms with Gasteiger partial charge in [-0.25, -0.2) is 0 Å². The zero-order valence-corrected chi connectivity index (χ0v) is 10.1. The number of hydrogen-bond acceptors (Lipinski definition) is 4. The summed E-state index contributed by atoms with van der Waals surface area (Å²) in [6.07, 6.45) is 2.52. The van der Waals surface area contributed by atoms with E-state index in [4.69, 9.17) is 5.73 Å². The molecule has 1 unspecified atom stereocenters. The highest BCUT2D eigenvalue weighted by atomic mass is 16.1. The van der Waals surface area contributed by atoms with E-state index in [-0.39, 0.29) is 5.91 Å². The molecule has 0 bridgehead atoms. The van der Waals surface area contributed by atoms with Crippen LogP contribution in [0.25, 0.3) is 0 Å². The van der Waals surface area contributed by atoms with Gasteiger partial charge in [-0.2, -0.15) is 5.10 Å². The third-order valence-corrected chi connectivity index (χ3v) is 3.16. The van der Waals surface area contributed by atoms with Gasteiger partial charge in [0.1, 0.15) is 11.5 Å². The summed E-state index contributed by atoms with van der Waals surface area (Å²) in [7, 11) is 0. The Morgan fingerprint density at radius 3 is 2.94 bits per heavy atom. The number of likely N-dealkylation sites (tertiary alicyclic amines) is 1. The quantitative estimate of drug-likeness (QED) is 0.698. The Balaban J connectivity index is 1.79. The first-order valence-electron chi connectivity index (χ1n) is 6.00. The van der Waals surface area contributed by atoms with Crippen molar-refractivity contribution in [1.82, 2.24) is 20.4 Å². The lowest BCUT2D eigenvalue weighted by Gasteiger charge is -2.23. The molecule has 0 saturated carbocycles. The summed E-state index contributed by atoms with van der Waals surface area (Å²) in [5.74, 6) is 0.183. The van der Waals surface area contributed by atoms with Crippen molar-refractivity contribution < 1.29 is 4.79 Å². The van der Waals surface area contributed by atoms with Crippen LogP contribution in [0.15, 0.2) is 6.07 Å². The van der Waals surface area contributed by atoms with E-state index in [1.165, 1.54) is 18.9 Å². The Morgan fingerprint density at radius 2 is 2.35 bits per heavy atom. The second-order valence-corrected chi connectivity index (χ2v) is 4.51. The molecule has 0 aromatic carbocycles. The van der Waals surface area contributed by atoms with Crippen LogP contribution in [0, 0.1) is 0 Å². The molecule has 0 aliphatic carbocycles. The fourth-order valence-corrected chi connectivity index (χ4v) is 2.10. The summed E-state index contributed by atoms with van der Waals surface area (Å²) in [5, 5.41) is 9.20. The highest BCUT2D eigenvalue weighted by Gasteiger charge is 2.18. The Kier molecular flexibility index (Phi) is 3.63. The highest BCUT2D eigenvalue weighted by molar-refractivity contribution is 5.92. The van der Waals surface area contributed by atoms with Crippen LogP contribution in [0.5, 0.6) is 0 Å². The average molecular weight is 237 g/mol. The SMILES string of the molecule is CC(CNC(=O)c1cc(N)n[nH]1)N1CCCC1. The first-order valence-corrected chi connectivity index (χ1v) is 6.00. The van der Waals surface area contributed by atoms with Crippen LogP contribution in [-0.4, -0.2) is 46.7 Å². The van der Waals surface area contributed by atoms with Gasteiger partial charge in [0.05, 0.1) is 0 Å². The van der Waals surface area contributed by atoms with Crippen LogP contribution in [0.2, 0.25) is 0 Å². The molecular weight excluding hydrogens is 218 g/mol. The van der Waals surface area contributed by atoms with Crippen molar-refractivity contribution in [2.75, 3.05) is 25.4 Å². The summed E-state index contributed by atoms with van der Waals surface area (Å²) in [6.45, 7) is 5.05. The normalized spacial score (nSPS) is 18.2. The molecule has 1 aromatic heterocycles. The number of nitrogens with two attached hydrogens (primary N) is 1. The lowest BCUT2D eigenvalue weighted by molar-refractivity contribution is 0.0935. The molecule has 2 heterocycles. The molecule has 0 radical (unpaired) electrons.